The monoisotopic (exact) mass is 641 g/mol. The van der Waals surface area contributed by atoms with Crippen LogP contribution < -0.4 is 15.0 Å². The first-order valence-electron chi connectivity index (χ1n) is 17.1. The molecule has 2 aliphatic rings. The van der Waals surface area contributed by atoms with Crippen molar-refractivity contribution in [2.75, 3.05) is 77.1 Å². The van der Waals surface area contributed by atoms with Crippen LogP contribution in [-0.2, 0) is 25.5 Å². The molecule has 0 radical (unpaired) electrons. The fraction of sp³-hybridized carbons (Fsp3) is 0.462. The molecule has 0 unspecified atom stereocenters. The summed E-state index contributed by atoms with van der Waals surface area (Å²) < 4.78 is 22.4. The number of fused-ring (bicyclic) bond motifs is 1. The Morgan fingerprint density at radius 1 is 0.957 bits per heavy atom. The third kappa shape index (κ3) is 10.1. The molecule has 0 bridgehead atoms. The lowest BCUT2D eigenvalue weighted by atomic mass is 10.00. The number of carbonyl (C=O) groups excluding carboxylic acids is 1. The minimum atomic E-state index is -0.0674. The number of unbranched alkanes of at least 4 members (excludes halogenated alkanes) is 1. The molecule has 2 aliphatic heterocycles. The maximum absolute atomic E-state index is 13.6. The Hall–Kier alpha value is -3.69. The molecule has 47 heavy (non-hydrogen) atoms. The van der Waals surface area contributed by atoms with Gasteiger partial charge in [0.05, 0.1) is 13.2 Å². The molecule has 252 valence electrons. The topological polar surface area (TPSA) is 72.5 Å². The lowest BCUT2D eigenvalue weighted by molar-refractivity contribution is -0.112. The van der Waals surface area contributed by atoms with Crippen LogP contribution in [0.4, 0.5) is 11.4 Å². The fourth-order valence-electron chi connectivity index (χ4n) is 6.14. The van der Waals surface area contributed by atoms with Gasteiger partial charge in [0.2, 0.25) is 0 Å². The van der Waals surface area contributed by atoms with Crippen LogP contribution in [0.2, 0.25) is 0 Å². The molecule has 0 spiro atoms. The number of ether oxygens (including phenoxy) is 4. The summed E-state index contributed by atoms with van der Waals surface area (Å²) in [5.74, 6) is 0.758. The quantitative estimate of drug-likeness (QED) is 0.168. The molecule has 0 aromatic heterocycles. The molecule has 1 fully saturated rings. The van der Waals surface area contributed by atoms with Gasteiger partial charge in [-0.2, -0.15) is 0 Å². The number of benzene rings is 3. The fourth-order valence-corrected chi connectivity index (χ4v) is 6.14. The zero-order valence-electron chi connectivity index (χ0n) is 28.3. The first-order chi connectivity index (χ1) is 23.0. The Morgan fingerprint density at radius 2 is 1.72 bits per heavy atom. The zero-order valence-corrected chi connectivity index (χ0v) is 28.3. The van der Waals surface area contributed by atoms with E-state index in [1.54, 1.807) is 7.11 Å². The number of carbonyl (C=O) groups is 1. The van der Waals surface area contributed by atoms with Gasteiger partial charge in [-0.25, -0.2) is 0 Å². The van der Waals surface area contributed by atoms with Gasteiger partial charge in [-0.15, -0.1) is 0 Å². The van der Waals surface area contributed by atoms with E-state index in [1.165, 1.54) is 5.56 Å². The predicted molar refractivity (Wildman–Crippen MR) is 190 cm³/mol. The van der Waals surface area contributed by atoms with Crippen LogP contribution >= 0.6 is 0 Å². The molecule has 1 amide bonds. The average Bonchev–Trinajstić information content (AvgIpc) is 3.29. The number of nitrogens with zero attached hydrogens (tertiary/aromatic N) is 2. The van der Waals surface area contributed by atoms with Crippen molar-refractivity contribution in [2.24, 2.45) is 0 Å². The van der Waals surface area contributed by atoms with Gasteiger partial charge >= 0.3 is 0 Å². The summed E-state index contributed by atoms with van der Waals surface area (Å²) in [5.41, 5.74) is 7.11. The summed E-state index contributed by atoms with van der Waals surface area (Å²) in [7, 11) is 3.90. The summed E-state index contributed by atoms with van der Waals surface area (Å²) in [5, 5.41) is 3.15. The second-order valence-electron chi connectivity index (χ2n) is 12.4. The predicted octanol–water partition coefficient (Wildman–Crippen LogP) is 7.04. The molecule has 8 nitrogen and oxygen atoms in total. The molecular formula is C39H51N3O5. The summed E-state index contributed by atoms with van der Waals surface area (Å²) in [4.78, 5) is 18.3. The minimum absolute atomic E-state index is 0.0674. The van der Waals surface area contributed by atoms with E-state index in [0.29, 0.717) is 32.3 Å². The maximum Gasteiger partial charge on any atom is 0.251 e. The van der Waals surface area contributed by atoms with Crippen molar-refractivity contribution in [1.82, 2.24) is 4.90 Å². The molecule has 0 saturated carbocycles. The Bertz CT molecular complexity index is 1430. The summed E-state index contributed by atoms with van der Waals surface area (Å²) in [6.45, 7) is 8.72. The van der Waals surface area contributed by atoms with E-state index in [0.717, 1.165) is 105 Å². The number of methoxy groups -OCH3 is 1. The number of hydrogen-bond acceptors (Lipinski definition) is 7. The number of nitrogens with one attached hydrogen (secondary N) is 1. The number of rotatable bonds is 16. The van der Waals surface area contributed by atoms with Crippen molar-refractivity contribution in [2.45, 2.75) is 51.6 Å². The van der Waals surface area contributed by atoms with E-state index in [4.69, 9.17) is 18.9 Å². The second kappa shape index (κ2) is 18.0. The zero-order chi connectivity index (χ0) is 32.8. The van der Waals surface area contributed by atoms with E-state index < -0.39 is 0 Å². The van der Waals surface area contributed by atoms with Crippen LogP contribution in [0, 0.1) is 0 Å². The summed E-state index contributed by atoms with van der Waals surface area (Å²) >= 11 is 0. The van der Waals surface area contributed by atoms with E-state index in [9.17, 15) is 4.79 Å². The van der Waals surface area contributed by atoms with Gasteiger partial charge in [0.15, 0.2) is 0 Å². The third-order valence-electron chi connectivity index (χ3n) is 8.99. The van der Waals surface area contributed by atoms with Gasteiger partial charge < -0.3 is 29.2 Å². The molecule has 1 N–H and O–H groups in total. The Labute approximate surface area is 280 Å². The van der Waals surface area contributed by atoms with Gasteiger partial charge in [0.25, 0.3) is 5.91 Å². The molecule has 8 heteroatoms. The summed E-state index contributed by atoms with van der Waals surface area (Å²) in [6.07, 6.45) is 7.04. The second-order valence-corrected chi connectivity index (χ2v) is 12.4. The molecule has 0 atom stereocenters. The molecule has 3 aromatic rings. The van der Waals surface area contributed by atoms with Crippen molar-refractivity contribution in [1.29, 1.82) is 0 Å². The highest BCUT2D eigenvalue weighted by Crippen LogP contribution is 2.33. The Kier molecular flexibility index (Phi) is 13.3. The van der Waals surface area contributed by atoms with Gasteiger partial charge in [-0.1, -0.05) is 43.7 Å². The van der Waals surface area contributed by atoms with Crippen molar-refractivity contribution in [3.63, 3.8) is 0 Å². The van der Waals surface area contributed by atoms with Gasteiger partial charge in [-0.3, -0.25) is 9.69 Å². The Balaban J connectivity index is 1.26. The number of hydrogen-bond donors (Lipinski definition) is 1. The van der Waals surface area contributed by atoms with Gasteiger partial charge in [0.1, 0.15) is 12.4 Å². The minimum Gasteiger partial charge on any atom is -0.491 e. The van der Waals surface area contributed by atoms with Gasteiger partial charge in [0, 0.05) is 69.6 Å². The van der Waals surface area contributed by atoms with Gasteiger partial charge in [-0.05, 0) is 97.5 Å². The van der Waals surface area contributed by atoms with Crippen LogP contribution in [0.25, 0.3) is 17.2 Å². The average molecular weight is 642 g/mol. The normalized spacial score (nSPS) is 15.2. The highest BCUT2D eigenvalue weighted by molar-refractivity contribution is 6.07. The number of amides is 1. The van der Waals surface area contributed by atoms with E-state index in [-0.39, 0.29) is 5.91 Å². The third-order valence-corrected chi connectivity index (χ3v) is 8.99. The smallest absolute Gasteiger partial charge is 0.251 e. The van der Waals surface area contributed by atoms with E-state index in [1.807, 2.05) is 30.3 Å². The standard InChI is InChI=1S/C39H51N3O5/c1-4-5-21-45-25-26-47-37-13-8-31(9-14-37)32-10-15-38-34(27-32)28-33(16-19-42(38)20-24-44-3)39(43)40-35-11-6-30(7-12-35)29-41(2)36-17-22-46-23-18-36/h6-15,27-28,36H,4-5,16-26,29H2,1-3H3,(H,40,43). The number of anilines is 2. The van der Waals surface area contributed by atoms with Crippen LogP contribution in [0.15, 0.2) is 72.3 Å². The molecule has 2 heterocycles. The first-order valence-corrected chi connectivity index (χ1v) is 17.1. The highest BCUT2D eigenvalue weighted by Gasteiger charge is 2.21. The molecule has 3 aromatic carbocycles. The lowest BCUT2D eigenvalue weighted by Crippen LogP contribution is -2.36. The van der Waals surface area contributed by atoms with Crippen molar-refractivity contribution >= 4 is 23.4 Å². The van der Waals surface area contributed by atoms with Crippen LogP contribution in [0.1, 0.15) is 50.2 Å². The molecule has 1 saturated heterocycles. The van der Waals surface area contributed by atoms with Crippen molar-refractivity contribution in [3.8, 4) is 16.9 Å². The lowest BCUT2D eigenvalue weighted by Gasteiger charge is -2.31. The molecular weight excluding hydrogens is 590 g/mol. The first kappa shape index (κ1) is 34.6. The van der Waals surface area contributed by atoms with Crippen LogP contribution in [0.5, 0.6) is 5.75 Å². The van der Waals surface area contributed by atoms with E-state index >= 15 is 0 Å². The van der Waals surface area contributed by atoms with Crippen LogP contribution in [0.3, 0.4) is 0 Å². The SMILES string of the molecule is CCCCOCCOc1ccc(-c2ccc3c(c2)C=C(C(=O)Nc2ccc(CN(C)C4CCOCC4)cc2)CCN3CCOC)cc1. The largest absolute Gasteiger partial charge is 0.491 e. The summed E-state index contributed by atoms with van der Waals surface area (Å²) in [6, 6.07) is 23.4. The van der Waals surface area contributed by atoms with E-state index in [2.05, 4.69) is 71.6 Å². The Morgan fingerprint density at radius 3 is 2.47 bits per heavy atom. The maximum atomic E-state index is 13.6. The highest BCUT2D eigenvalue weighted by atomic mass is 16.5. The van der Waals surface area contributed by atoms with Crippen molar-refractivity contribution in [3.05, 3.63) is 83.4 Å². The van der Waals surface area contributed by atoms with Crippen LogP contribution in [-0.4, -0.2) is 83.7 Å². The molecule has 5 rings (SSSR count). The van der Waals surface area contributed by atoms with Crippen molar-refractivity contribution < 1.29 is 23.7 Å². The molecule has 0 aliphatic carbocycles.